The van der Waals surface area contributed by atoms with Crippen LogP contribution < -0.4 is 0 Å². The highest BCUT2D eigenvalue weighted by atomic mass is 32.1. The molecule has 4 nitrogen and oxygen atoms in total. The molecule has 46 heavy (non-hydrogen) atoms. The number of allylic oxidation sites excluding steroid dienone is 2. The summed E-state index contributed by atoms with van der Waals surface area (Å²) in [4.78, 5) is 10.6. The van der Waals surface area contributed by atoms with Crippen LogP contribution in [-0.2, 0) is 12.8 Å². The number of hydrogen-bond acceptors (Lipinski definition) is 6. The van der Waals surface area contributed by atoms with Gasteiger partial charge in [-0.1, -0.05) is 79.1 Å². The largest absolute Gasteiger partial charge is 0.263 e. The Kier molecular flexibility index (Phi) is 11.3. The minimum Gasteiger partial charge on any atom is -0.227 e. The lowest BCUT2D eigenvalue weighted by molar-refractivity contribution is 0.449. The monoisotopic (exact) mass is 684 g/mol. The molecular weight excluding hydrogens is 641 g/mol. The van der Waals surface area contributed by atoms with E-state index in [0.717, 1.165) is 62.5 Å². The predicted octanol–water partition coefficient (Wildman–Crippen LogP) is 13.5. The van der Waals surface area contributed by atoms with Gasteiger partial charge in [0.25, 0.3) is 11.4 Å². The molecule has 0 aliphatic heterocycles. The maximum Gasteiger partial charge on any atom is 0.263 e. The number of unbranched alkanes of at least 4 members (excludes halogenated alkanes) is 2. The molecule has 4 aromatic heterocycles. The van der Waals surface area contributed by atoms with Crippen LogP contribution in [0, 0.1) is 47.6 Å². The van der Waals surface area contributed by atoms with E-state index in [-0.39, 0.29) is 23.5 Å². The van der Waals surface area contributed by atoms with Crippen LogP contribution in [0.1, 0.15) is 105 Å². The second-order valence-electron chi connectivity index (χ2n) is 11.3. The molecule has 8 heteroatoms. The maximum absolute atomic E-state index is 9.51. The minimum atomic E-state index is -0.0401. The summed E-state index contributed by atoms with van der Waals surface area (Å²) in [5, 5.41) is 19.0. The highest BCUT2D eigenvalue weighted by molar-refractivity contribution is 7.33. The smallest absolute Gasteiger partial charge is 0.227 e. The molecule has 0 N–H and O–H groups in total. The summed E-state index contributed by atoms with van der Waals surface area (Å²) in [5.74, 6) is 0.731. The first-order valence-electron chi connectivity index (χ1n) is 17.9. The second-order valence-corrected chi connectivity index (χ2v) is 15.5. The van der Waals surface area contributed by atoms with Gasteiger partial charge in [0.1, 0.15) is 0 Å². The molecular formula is C38H40N4S4. The van der Waals surface area contributed by atoms with Crippen molar-refractivity contribution in [3.63, 3.8) is 0 Å². The zero-order chi connectivity index (χ0) is 36.5. The van der Waals surface area contributed by atoms with Crippen molar-refractivity contribution >= 4 is 66.9 Å². The van der Waals surface area contributed by atoms with Gasteiger partial charge in [0.15, 0.2) is 0 Å². The average Bonchev–Trinajstić information content (AvgIpc) is 3.82. The fraction of sp³-hybridized carbons (Fsp3) is 0.421. The van der Waals surface area contributed by atoms with Gasteiger partial charge in [0.05, 0.1) is 30.8 Å². The molecule has 0 saturated heterocycles. The first-order valence-corrected chi connectivity index (χ1v) is 19.1. The minimum absolute atomic E-state index is 0.0401. The van der Waals surface area contributed by atoms with Gasteiger partial charge < -0.3 is 0 Å². The summed E-state index contributed by atoms with van der Waals surface area (Å²) >= 11 is 5.29. The Bertz CT molecular complexity index is 1900. The summed E-state index contributed by atoms with van der Waals surface area (Å²) in [7, 11) is 0. The zero-order valence-corrected chi connectivity index (χ0v) is 30.1. The van der Waals surface area contributed by atoms with E-state index >= 15 is 0 Å². The van der Waals surface area contributed by atoms with Crippen LogP contribution in [0.2, 0.25) is 0 Å². The van der Waals surface area contributed by atoms with Crippen molar-refractivity contribution in [2.24, 2.45) is 11.8 Å². The van der Waals surface area contributed by atoms with Gasteiger partial charge in [0.2, 0.25) is 0 Å². The summed E-state index contributed by atoms with van der Waals surface area (Å²) in [5.41, 5.74) is 1.53. The Hall–Kier alpha value is -3.50. The number of fused-ring (bicyclic) bond motifs is 1. The molecule has 4 aromatic rings. The van der Waals surface area contributed by atoms with E-state index < -0.39 is 0 Å². The third-order valence-corrected chi connectivity index (χ3v) is 12.7. The van der Waals surface area contributed by atoms with Crippen LogP contribution in [0.4, 0.5) is 0 Å². The second kappa shape index (κ2) is 17.4. The van der Waals surface area contributed by atoms with Crippen molar-refractivity contribution in [1.82, 2.24) is 0 Å². The van der Waals surface area contributed by atoms with E-state index in [1.54, 1.807) is 12.2 Å². The molecule has 0 radical (unpaired) electrons. The van der Waals surface area contributed by atoms with E-state index in [2.05, 4.69) is 37.4 Å². The molecule has 0 saturated carbocycles. The predicted molar refractivity (Wildman–Crippen MR) is 201 cm³/mol. The highest BCUT2D eigenvalue weighted by Crippen LogP contribution is 2.46. The van der Waals surface area contributed by atoms with Crippen LogP contribution >= 0.6 is 45.3 Å². The lowest BCUT2D eigenvalue weighted by Crippen LogP contribution is -2.03. The first kappa shape index (κ1) is 29.9. The Labute approximate surface area is 296 Å². The standard InChI is InChI=1S/C38H40N4S4/c1-7-11-13-25(9-3)15-27-17-33(43-31(27)19-29(23-39)41-5)35-21-37-38(45-35)22-36(46-37)34-18-28(16-26(10-4)14-12-8-2)32(44-34)20-30(24-40)42-6/h17-22,25-26H,7-16H2,1-4H3/b29-19-,30-20+/i17D,18D,21D,22D. The Morgan fingerprint density at radius 3 is 1.43 bits per heavy atom. The maximum atomic E-state index is 9.51. The van der Waals surface area contributed by atoms with Gasteiger partial charge in [-0.15, -0.1) is 45.3 Å². The molecule has 0 aromatic carbocycles. The normalized spacial score (nSPS) is 14.4. The highest BCUT2D eigenvalue weighted by Gasteiger charge is 2.19. The molecule has 236 valence electrons. The van der Waals surface area contributed by atoms with E-state index in [1.807, 2.05) is 12.1 Å². The van der Waals surface area contributed by atoms with Crippen molar-refractivity contribution in [2.75, 3.05) is 0 Å². The number of thiophene rings is 4. The lowest BCUT2D eigenvalue weighted by atomic mass is 9.92. The fourth-order valence-corrected chi connectivity index (χ4v) is 9.76. The van der Waals surface area contributed by atoms with Gasteiger partial charge in [-0.3, -0.25) is 0 Å². The van der Waals surface area contributed by atoms with Crippen LogP contribution in [0.25, 0.3) is 50.8 Å². The summed E-state index contributed by atoms with van der Waals surface area (Å²) in [6.07, 6.45) is 12.8. The molecule has 2 atom stereocenters. The molecule has 0 aliphatic carbocycles. The molecule has 0 amide bonds. The van der Waals surface area contributed by atoms with Gasteiger partial charge in [-0.2, -0.15) is 0 Å². The molecule has 4 rings (SSSR count). The topological polar surface area (TPSA) is 56.3 Å². The number of nitriles is 2. The molecule has 0 spiro atoms. The van der Waals surface area contributed by atoms with E-state index in [1.165, 1.54) is 45.3 Å². The zero-order valence-electron chi connectivity index (χ0n) is 30.8. The molecule has 0 bridgehead atoms. The number of nitrogens with zero attached hydrogens (tertiary/aromatic N) is 4. The van der Waals surface area contributed by atoms with Crippen LogP contribution in [0.3, 0.4) is 0 Å². The Morgan fingerprint density at radius 1 is 0.717 bits per heavy atom. The molecule has 4 heterocycles. The average molecular weight is 685 g/mol. The molecule has 0 fully saturated rings. The third-order valence-electron chi connectivity index (χ3n) is 8.11. The van der Waals surface area contributed by atoms with Crippen molar-refractivity contribution in [3.8, 4) is 31.6 Å². The van der Waals surface area contributed by atoms with Crippen molar-refractivity contribution in [1.29, 1.82) is 10.5 Å². The first-order chi connectivity index (χ1) is 24.1. The van der Waals surface area contributed by atoms with Crippen molar-refractivity contribution < 1.29 is 5.48 Å². The Morgan fingerprint density at radius 2 is 1.11 bits per heavy atom. The van der Waals surface area contributed by atoms with Crippen molar-refractivity contribution in [2.45, 2.75) is 91.9 Å². The number of rotatable bonds is 16. The summed E-state index contributed by atoms with van der Waals surface area (Å²) < 4.78 is 38.2. The Balaban J connectivity index is 1.85. The third kappa shape index (κ3) is 8.85. The quantitative estimate of drug-likeness (QED) is 0.0871. The van der Waals surface area contributed by atoms with Crippen LogP contribution in [-0.4, -0.2) is 0 Å². The summed E-state index contributed by atoms with van der Waals surface area (Å²) in [6.45, 7) is 23.5. The van der Waals surface area contributed by atoms with Gasteiger partial charge in [-0.05, 0) is 72.1 Å². The lowest BCUT2D eigenvalue weighted by Gasteiger charge is -2.14. The van der Waals surface area contributed by atoms with E-state index in [4.69, 9.17) is 13.1 Å². The number of hydrogen-bond donors (Lipinski definition) is 0. The van der Waals surface area contributed by atoms with E-state index in [0.29, 0.717) is 75.4 Å². The SMILES string of the molecule is [2H]c1c(-c2sc3c([2H])c(-c4sc(/C=C(\C#N)[N+]#[C-])c(CC(CC)CCCC)c4[2H])sc3c2[2H])sc(/C=C(/C#N)[N+]#[C-])c1CC(CC)CCCC. The fourth-order valence-electron chi connectivity index (χ4n) is 5.35. The molecule has 0 aliphatic rings. The summed E-state index contributed by atoms with van der Waals surface area (Å²) in [6, 6.07) is 5.03. The van der Waals surface area contributed by atoms with E-state index in [9.17, 15) is 16.0 Å². The van der Waals surface area contributed by atoms with Gasteiger partial charge in [0, 0.05) is 38.7 Å². The van der Waals surface area contributed by atoms with Crippen LogP contribution in [0.15, 0.2) is 35.6 Å². The van der Waals surface area contributed by atoms with Crippen LogP contribution in [0.5, 0.6) is 0 Å². The molecule has 2 unspecified atom stereocenters. The van der Waals surface area contributed by atoms with Gasteiger partial charge >= 0.3 is 0 Å². The van der Waals surface area contributed by atoms with Crippen molar-refractivity contribution in [3.05, 3.63) is 79.3 Å². The van der Waals surface area contributed by atoms with Gasteiger partial charge in [-0.25, -0.2) is 20.2 Å².